The maximum Gasteiger partial charge on any atom is 0.217 e. The lowest BCUT2D eigenvalue weighted by molar-refractivity contribution is 0.0482. The van der Waals surface area contributed by atoms with Crippen LogP contribution in [0.25, 0.3) is 0 Å². The minimum absolute atomic E-state index is 0.139. The number of oxime groups is 2. The number of fused-ring (bicyclic) bond motifs is 1. The smallest absolute Gasteiger partial charge is 0.217 e. The van der Waals surface area contributed by atoms with Crippen LogP contribution in [-0.4, -0.2) is 23.6 Å². The largest absolute Gasteiger partial charge is 0.381 e. The van der Waals surface area contributed by atoms with Gasteiger partial charge in [0, 0.05) is 5.56 Å². The highest BCUT2D eigenvalue weighted by atomic mass is 16.7. The van der Waals surface area contributed by atoms with Crippen LogP contribution in [0.4, 0.5) is 0 Å². The molecule has 2 unspecified atom stereocenters. The van der Waals surface area contributed by atoms with Gasteiger partial charge in [-0.25, -0.2) is 0 Å². The number of nitrogens with zero attached hydrogens (tertiary/aromatic N) is 2. The van der Waals surface area contributed by atoms with Crippen molar-refractivity contribution in [1.82, 2.24) is 0 Å². The topological polar surface area (TPSA) is 43.2 Å². The van der Waals surface area contributed by atoms with E-state index in [9.17, 15) is 0 Å². The Labute approximate surface area is 87.2 Å². The van der Waals surface area contributed by atoms with Crippen LogP contribution in [0, 0.1) is 0 Å². The van der Waals surface area contributed by atoms with Gasteiger partial charge in [-0.2, -0.15) is 0 Å². The van der Waals surface area contributed by atoms with Gasteiger partial charge < -0.3 is 9.68 Å². The standard InChI is InChI=1S/C11H10N2O2/c1-7-10-11(15-12-7)9(13-14-10)8-5-3-2-4-6-8/h2-6,10-11H,1H3. The van der Waals surface area contributed by atoms with E-state index in [0.717, 1.165) is 17.0 Å². The molecule has 0 bridgehead atoms. The molecule has 0 radical (unpaired) electrons. The van der Waals surface area contributed by atoms with Gasteiger partial charge in [-0.15, -0.1) is 0 Å². The summed E-state index contributed by atoms with van der Waals surface area (Å²) < 4.78 is 0. The molecule has 2 heterocycles. The van der Waals surface area contributed by atoms with Crippen LogP contribution in [-0.2, 0) is 9.68 Å². The Hall–Kier alpha value is -1.84. The van der Waals surface area contributed by atoms with Crippen molar-refractivity contribution in [2.24, 2.45) is 10.3 Å². The van der Waals surface area contributed by atoms with E-state index in [2.05, 4.69) is 10.3 Å². The Morgan fingerprint density at radius 1 is 1.00 bits per heavy atom. The zero-order chi connectivity index (χ0) is 10.3. The van der Waals surface area contributed by atoms with Crippen molar-refractivity contribution >= 4 is 11.4 Å². The van der Waals surface area contributed by atoms with Crippen LogP contribution >= 0.6 is 0 Å². The van der Waals surface area contributed by atoms with E-state index in [1.54, 1.807) is 0 Å². The van der Waals surface area contributed by atoms with Gasteiger partial charge in [0.1, 0.15) is 11.4 Å². The molecule has 0 N–H and O–H groups in total. The Bertz CT molecular complexity index is 439. The molecule has 2 aliphatic rings. The maximum atomic E-state index is 5.29. The fourth-order valence-corrected chi connectivity index (χ4v) is 1.78. The lowest BCUT2D eigenvalue weighted by atomic mass is 10.0. The van der Waals surface area contributed by atoms with Gasteiger partial charge in [0.2, 0.25) is 12.2 Å². The van der Waals surface area contributed by atoms with Crippen LogP contribution in [0.15, 0.2) is 40.6 Å². The minimum atomic E-state index is -0.174. The molecular formula is C11H10N2O2. The first-order valence-corrected chi connectivity index (χ1v) is 4.86. The van der Waals surface area contributed by atoms with Crippen molar-refractivity contribution in [2.75, 3.05) is 0 Å². The van der Waals surface area contributed by atoms with E-state index >= 15 is 0 Å². The van der Waals surface area contributed by atoms with Crippen LogP contribution in [0.3, 0.4) is 0 Å². The SMILES string of the molecule is CC1=NOC2C(c3ccccc3)=NOC12. The van der Waals surface area contributed by atoms with Gasteiger partial charge in [0.25, 0.3) is 0 Å². The lowest BCUT2D eigenvalue weighted by Gasteiger charge is -2.07. The number of hydrogen-bond donors (Lipinski definition) is 0. The summed E-state index contributed by atoms with van der Waals surface area (Å²) in [4.78, 5) is 10.6. The molecule has 0 aromatic heterocycles. The predicted molar refractivity (Wildman–Crippen MR) is 55.8 cm³/mol. The third-order valence-electron chi connectivity index (χ3n) is 2.60. The fourth-order valence-electron chi connectivity index (χ4n) is 1.78. The second-order valence-electron chi connectivity index (χ2n) is 3.63. The monoisotopic (exact) mass is 202 g/mol. The second kappa shape index (κ2) is 3.08. The minimum Gasteiger partial charge on any atom is -0.381 e. The van der Waals surface area contributed by atoms with Gasteiger partial charge >= 0.3 is 0 Å². The van der Waals surface area contributed by atoms with Crippen LogP contribution in [0.2, 0.25) is 0 Å². The van der Waals surface area contributed by atoms with Gasteiger partial charge in [0.15, 0.2) is 0 Å². The van der Waals surface area contributed by atoms with Gasteiger partial charge in [-0.1, -0.05) is 40.6 Å². The molecule has 1 aromatic rings. The van der Waals surface area contributed by atoms with E-state index in [4.69, 9.17) is 9.68 Å². The summed E-state index contributed by atoms with van der Waals surface area (Å²) in [5.41, 5.74) is 2.69. The second-order valence-corrected chi connectivity index (χ2v) is 3.63. The summed E-state index contributed by atoms with van der Waals surface area (Å²) in [6.07, 6.45) is -0.312. The first-order chi connectivity index (χ1) is 7.36. The molecule has 15 heavy (non-hydrogen) atoms. The molecular weight excluding hydrogens is 192 g/mol. The molecule has 4 heteroatoms. The van der Waals surface area contributed by atoms with Crippen LogP contribution in [0.1, 0.15) is 12.5 Å². The van der Waals surface area contributed by atoms with Crippen molar-refractivity contribution in [2.45, 2.75) is 19.1 Å². The van der Waals surface area contributed by atoms with Crippen LogP contribution < -0.4 is 0 Å². The van der Waals surface area contributed by atoms with E-state index in [0.29, 0.717) is 0 Å². The molecule has 2 atom stereocenters. The first kappa shape index (κ1) is 8.47. The normalized spacial score (nSPS) is 27.5. The average Bonchev–Trinajstić information content (AvgIpc) is 2.83. The van der Waals surface area contributed by atoms with E-state index in [1.807, 2.05) is 37.3 Å². The molecule has 0 spiro atoms. The molecule has 0 aliphatic carbocycles. The zero-order valence-corrected chi connectivity index (χ0v) is 8.25. The van der Waals surface area contributed by atoms with Gasteiger partial charge in [-0.05, 0) is 6.92 Å². The van der Waals surface area contributed by atoms with Crippen molar-refractivity contribution in [3.05, 3.63) is 35.9 Å². The lowest BCUT2D eigenvalue weighted by Crippen LogP contribution is -2.30. The molecule has 3 rings (SSSR count). The van der Waals surface area contributed by atoms with E-state index in [1.165, 1.54) is 0 Å². The summed E-state index contributed by atoms with van der Waals surface area (Å²) >= 11 is 0. The molecule has 0 saturated heterocycles. The summed E-state index contributed by atoms with van der Waals surface area (Å²) in [5, 5.41) is 7.96. The van der Waals surface area contributed by atoms with E-state index < -0.39 is 0 Å². The number of rotatable bonds is 1. The highest BCUT2D eigenvalue weighted by Crippen LogP contribution is 2.25. The molecule has 0 saturated carbocycles. The molecule has 0 fully saturated rings. The zero-order valence-electron chi connectivity index (χ0n) is 8.25. The highest BCUT2D eigenvalue weighted by molar-refractivity contribution is 6.09. The van der Waals surface area contributed by atoms with Crippen molar-refractivity contribution in [3.63, 3.8) is 0 Å². The average molecular weight is 202 g/mol. The number of benzene rings is 1. The first-order valence-electron chi connectivity index (χ1n) is 4.86. The summed E-state index contributed by atoms with van der Waals surface area (Å²) in [5.74, 6) is 0. The van der Waals surface area contributed by atoms with Crippen molar-refractivity contribution in [1.29, 1.82) is 0 Å². The summed E-state index contributed by atoms with van der Waals surface area (Å²) in [7, 11) is 0. The van der Waals surface area contributed by atoms with Crippen LogP contribution in [0.5, 0.6) is 0 Å². The Kier molecular flexibility index (Phi) is 1.74. The molecule has 0 amide bonds. The fraction of sp³-hybridized carbons (Fsp3) is 0.273. The molecule has 76 valence electrons. The predicted octanol–water partition coefficient (Wildman–Crippen LogP) is 1.56. The summed E-state index contributed by atoms with van der Waals surface area (Å²) in [6, 6.07) is 9.87. The molecule has 4 nitrogen and oxygen atoms in total. The Morgan fingerprint density at radius 2 is 1.73 bits per heavy atom. The summed E-state index contributed by atoms with van der Waals surface area (Å²) in [6.45, 7) is 1.88. The molecule has 1 aromatic carbocycles. The van der Waals surface area contributed by atoms with Gasteiger partial charge in [-0.3, -0.25) is 0 Å². The Morgan fingerprint density at radius 3 is 2.53 bits per heavy atom. The highest BCUT2D eigenvalue weighted by Gasteiger charge is 2.43. The Balaban J connectivity index is 1.92. The van der Waals surface area contributed by atoms with Crippen molar-refractivity contribution < 1.29 is 9.68 Å². The maximum absolute atomic E-state index is 5.29. The third-order valence-corrected chi connectivity index (χ3v) is 2.60. The molecule has 2 aliphatic heterocycles. The third kappa shape index (κ3) is 1.21. The number of hydrogen-bond acceptors (Lipinski definition) is 4. The quantitative estimate of drug-likeness (QED) is 0.693. The van der Waals surface area contributed by atoms with E-state index in [-0.39, 0.29) is 12.2 Å². The van der Waals surface area contributed by atoms with Crippen molar-refractivity contribution in [3.8, 4) is 0 Å². The van der Waals surface area contributed by atoms with Gasteiger partial charge in [0.05, 0.1) is 0 Å².